The Kier molecular flexibility index (Phi) is 2.79. The molecule has 2 aromatic carbocycles. The van der Waals surface area contributed by atoms with Crippen molar-refractivity contribution in [1.29, 1.82) is 0 Å². The molecule has 0 saturated carbocycles. The van der Waals surface area contributed by atoms with Crippen molar-refractivity contribution in [3.63, 3.8) is 0 Å². The van der Waals surface area contributed by atoms with Crippen molar-refractivity contribution in [2.45, 2.75) is 6.92 Å². The van der Waals surface area contributed by atoms with Crippen LogP contribution in [-0.2, 0) is 0 Å². The fourth-order valence-corrected chi connectivity index (χ4v) is 1.98. The van der Waals surface area contributed by atoms with Gasteiger partial charge in [-0.25, -0.2) is 4.63 Å². The second kappa shape index (κ2) is 4.61. The van der Waals surface area contributed by atoms with Gasteiger partial charge in [-0.15, -0.1) is 0 Å². The Morgan fingerprint density at radius 1 is 1.20 bits per heavy atom. The fourth-order valence-electron chi connectivity index (χ4n) is 1.98. The van der Waals surface area contributed by atoms with Crippen molar-refractivity contribution in [2.24, 2.45) is 0 Å². The van der Waals surface area contributed by atoms with Crippen LogP contribution in [0.15, 0.2) is 41.0 Å². The molecule has 0 radical (unpaired) electrons. The molecule has 0 bridgehead atoms. The van der Waals surface area contributed by atoms with Gasteiger partial charge in [-0.1, -0.05) is 12.1 Å². The number of nitrogens with zero attached hydrogens (tertiary/aromatic N) is 3. The smallest absolute Gasteiger partial charge is 0.300 e. The van der Waals surface area contributed by atoms with Crippen LogP contribution in [0.4, 0.5) is 17.1 Å². The summed E-state index contributed by atoms with van der Waals surface area (Å²) in [7, 11) is 0. The summed E-state index contributed by atoms with van der Waals surface area (Å²) in [6.45, 7) is 1.98. The van der Waals surface area contributed by atoms with Gasteiger partial charge in [0, 0.05) is 11.8 Å². The number of nitrogens with one attached hydrogen (secondary N) is 1. The minimum atomic E-state index is -0.511. The minimum Gasteiger partial charge on any atom is -0.354 e. The fraction of sp³-hybridized carbons (Fsp3) is 0.0769. The molecule has 100 valence electrons. The van der Waals surface area contributed by atoms with Crippen LogP contribution in [0.25, 0.3) is 11.0 Å². The van der Waals surface area contributed by atoms with Gasteiger partial charge < -0.3 is 5.32 Å². The largest absolute Gasteiger partial charge is 0.354 e. The topological polar surface area (TPSA) is 94.1 Å². The summed E-state index contributed by atoms with van der Waals surface area (Å²) in [6, 6.07) is 10.7. The van der Waals surface area contributed by atoms with Gasteiger partial charge in [-0.2, -0.15) is 0 Å². The van der Waals surface area contributed by atoms with Gasteiger partial charge in [-0.05, 0) is 41.0 Å². The molecule has 3 aromatic rings. The number of hydrogen-bond donors (Lipinski definition) is 1. The summed E-state index contributed by atoms with van der Waals surface area (Å²) in [5.74, 6) is 0. The van der Waals surface area contributed by atoms with E-state index in [1.165, 1.54) is 6.07 Å². The molecule has 0 spiro atoms. The minimum absolute atomic E-state index is 0.129. The van der Waals surface area contributed by atoms with Gasteiger partial charge in [0.15, 0.2) is 5.52 Å². The molecule has 1 N–H and O–H groups in total. The van der Waals surface area contributed by atoms with E-state index in [2.05, 4.69) is 20.3 Å². The quantitative estimate of drug-likeness (QED) is 0.580. The van der Waals surface area contributed by atoms with Crippen molar-refractivity contribution >= 4 is 28.1 Å². The van der Waals surface area contributed by atoms with Crippen LogP contribution < -0.4 is 5.32 Å². The highest BCUT2D eigenvalue weighted by Crippen LogP contribution is 2.30. The van der Waals surface area contributed by atoms with E-state index in [0.717, 1.165) is 11.3 Å². The zero-order valence-electron chi connectivity index (χ0n) is 10.5. The predicted molar refractivity (Wildman–Crippen MR) is 72.9 cm³/mol. The van der Waals surface area contributed by atoms with Crippen LogP contribution in [0.3, 0.4) is 0 Å². The average molecular weight is 270 g/mol. The molecule has 20 heavy (non-hydrogen) atoms. The lowest BCUT2D eigenvalue weighted by Crippen LogP contribution is -1.95. The Morgan fingerprint density at radius 2 is 2.00 bits per heavy atom. The molecule has 3 rings (SSSR count). The number of fused-ring (bicyclic) bond motifs is 1. The first-order valence-electron chi connectivity index (χ1n) is 5.88. The van der Waals surface area contributed by atoms with Crippen molar-refractivity contribution in [2.75, 3.05) is 5.32 Å². The third kappa shape index (κ3) is 2.05. The number of nitro benzene ring substituents is 1. The maximum absolute atomic E-state index is 10.9. The Morgan fingerprint density at radius 3 is 2.75 bits per heavy atom. The molecule has 7 heteroatoms. The molecule has 1 heterocycles. The lowest BCUT2D eigenvalue weighted by Gasteiger charge is -2.07. The summed E-state index contributed by atoms with van der Waals surface area (Å²) in [4.78, 5) is 10.4. The van der Waals surface area contributed by atoms with Gasteiger partial charge in [0.1, 0.15) is 0 Å². The van der Waals surface area contributed by atoms with E-state index in [4.69, 9.17) is 0 Å². The molecule has 0 aliphatic heterocycles. The van der Waals surface area contributed by atoms with E-state index in [1.54, 1.807) is 6.07 Å². The van der Waals surface area contributed by atoms with Gasteiger partial charge in [0.25, 0.3) is 0 Å². The summed E-state index contributed by atoms with van der Waals surface area (Å²) in [5, 5.41) is 21.4. The van der Waals surface area contributed by atoms with E-state index < -0.39 is 4.92 Å². The molecule has 1 aromatic heterocycles. The second-order valence-corrected chi connectivity index (χ2v) is 4.35. The van der Waals surface area contributed by atoms with E-state index in [9.17, 15) is 10.1 Å². The number of benzene rings is 2. The standard InChI is InChI=1S/C13H10N4O3/c1-8-3-2-4-9(7-8)14-10-5-6-11(17(18)19)13-12(10)15-20-16-13/h2-7,14H,1H3. The zero-order chi connectivity index (χ0) is 14.1. The Balaban J connectivity index is 2.07. The van der Waals surface area contributed by atoms with Crippen LogP contribution in [-0.4, -0.2) is 15.2 Å². The lowest BCUT2D eigenvalue weighted by atomic mass is 10.2. The average Bonchev–Trinajstić information content (AvgIpc) is 2.88. The van der Waals surface area contributed by atoms with Gasteiger partial charge in [0.2, 0.25) is 5.52 Å². The number of non-ortho nitro benzene ring substituents is 1. The highest BCUT2D eigenvalue weighted by molar-refractivity contribution is 5.94. The molecule has 0 atom stereocenters. The molecule has 0 fully saturated rings. The SMILES string of the molecule is Cc1cccc(Nc2ccc([N+](=O)[O-])c3nonc23)c1. The Labute approximate surface area is 113 Å². The molecular weight excluding hydrogens is 260 g/mol. The zero-order valence-corrected chi connectivity index (χ0v) is 10.5. The Bertz CT molecular complexity index is 797. The van der Waals surface area contributed by atoms with Crippen LogP contribution in [0.5, 0.6) is 0 Å². The molecule has 0 amide bonds. The van der Waals surface area contributed by atoms with Crippen LogP contribution in [0.2, 0.25) is 0 Å². The monoisotopic (exact) mass is 270 g/mol. The molecule has 0 saturated heterocycles. The molecule has 7 nitrogen and oxygen atoms in total. The van der Waals surface area contributed by atoms with Crippen LogP contribution in [0.1, 0.15) is 5.56 Å². The number of rotatable bonds is 3. The van der Waals surface area contributed by atoms with Gasteiger partial charge in [0.05, 0.1) is 10.6 Å². The Hall–Kier alpha value is -2.96. The van der Waals surface area contributed by atoms with Crippen molar-refractivity contribution in [1.82, 2.24) is 10.3 Å². The summed E-state index contributed by atoms with van der Waals surface area (Å²) in [5.41, 5.74) is 2.91. The van der Waals surface area contributed by atoms with E-state index in [1.807, 2.05) is 31.2 Å². The van der Waals surface area contributed by atoms with Crippen molar-refractivity contribution < 1.29 is 9.55 Å². The third-order valence-corrected chi connectivity index (χ3v) is 2.89. The number of aromatic nitrogens is 2. The molecule has 0 aliphatic rings. The number of anilines is 2. The number of hydrogen-bond acceptors (Lipinski definition) is 6. The highest BCUT2D eigenvalue weighted by atomic mass is 16.6. The normalized spacial score (nSPS) is 10.7. The van der Waals surface area contributed by atoms with Crippen molar-refractivity contribution in [3.8, 4) is 0 Å². The number of nitro groups is 1. The summed E-state index contributed by atoms with van der Waals surface area (Å²) >= 11 is 0. The third-order valence-electron chi connectivity index (χ3n) is 2.89. The van der Waals surface area contributed by atoms with Crippen LogP contribution in [0, 0.1) is 17.0 Å². The summed E-state index contributed by atoms with van der Waals surface area (Å²) < 4.78 is 4.61. The first kappa shape index (κ1) is 12.1. The van der Waals surface area contributed by atoms with E-state index >= 15 is 0 Å². The summed E-state index contributed by atoms with van der Waals surface area (Å²) in [6.07, 6.45) is 0. The maximum atomic E-state index is 10.9. The first-order valence-corrected chi connectivity index (χ1v) is 5.88. The lowest BCUT2D eigenvalue weighted by molar-refractivity contribution is -0.383. The van der Waals surface area contributed by atoms with E-state index in [0.29, 0.717) is 11.2 Å². The molecule has 0 aliphatic carbocycles. The maximum Gasteiger partial charge on any atom is 0.300 e. The first-order chi connectivity index (χ1) is 9.65. The molecule has 0 unspecified atom stereocenters. The highest BCUT2D eigenvalue weighted by Gasteiger charge is 2.19. The number of aryl methyl sites for hydroxylation is 1. The predicted octanol–water partition coefficient (Wildman–Crippen LogP) is 3.18. The molecular formula is C13H10N4O3. The van der Waals surface area contributed by atoms with Gasteiger partial charge >= 0.3 is 5.69 Å². The van der Waals surface area contributed by atoms with E-state index in [-0.39, 0.29) is 11.2 Å². The van der Waals surface area contributed by atoms with Crippen LogP contribution >= 0.6 is 0 Å². The second-order valence-electron chi connectivity index (χ2n) is 4.35. The van der Waals surface area contributed by atoms with Crippen molar-refractivity contribution in [3.05, 3.63) is 52.1 Å². The van der Waals surface area contributed by atoms with Gasteiger partial charge in [-0.3, -0.25) is 10.1 Å².